The third kappa shape index (κ3) is 34.6. The molecular formula is C42H82O2S. The van der Waals surface area contributed by atoms with E-state index in [4.69, 9.17) is 22.1 Å². The highest BCUT2D eigenvalue weighted by Gasteiger charge is 2.11. The van der Waals surface area contributed by atoms with Crippen molar-refractivity contribution in [2.24, 2.45) is 0 Å². The molecular weight excluding hydrogens is 569 g/mol. The van der Waals surface area contributed by atoms with Gasteiger partial charge in [0.15, 0.2) is 0 Å². The summed E-state index contributed by atoms with van der Waals surface area (Å²) < 4.78 is 12.1. The van der Waals surface area contributed by atoms with Crippen molar-refractivity contribution < 1.29 is 9.47 Å². The average molecular weight is 651 g/mol. The van der Waals surface area contributed by atoms with Crippen LogP contribution < -0.4 is 0 Å². The summed E-state index contributed by atoms with van der Waals surface area (Å²) in [5.74, 6) is 1.84. The van der Waals surface area contributed by atoms with Gasteiger partial charge in [-0.15, -0.1) is 0 Å². The van der Waals surface area contributed by atoms with E-state index < -0.39 is 0 Å². The Hall–Kier alpha value is -0.570. The zero-order valence-corrected chi connectivity index (χ0v) is 32.1. The van der Waals surface area contributed by atoms with Crippen LogP contribution in [0, 0.1) is 0 Å². The second kappa shape index (κ2) is 36.3. The van der Waals surface area contributed by atoms with Crippen LogP contribution in [0.15, 0.2) is 24.7 Å². The lowest BCUT2D eigenvalue weighted by Crippen LogP contribution is -2.18. The summed E-state index contributed by atoms with van der Waals surface area (Å²) in [6.07, 6.45) is 42.6. The Bertz CT molecular complexity index is 618. The first-order chi connectivity index (χ1) is 22.0. The lowest BCUT2D eigenvalue weighted by molar-refractivity contribution is 0.0347. The van der Waals surface area contributed by atoms with Crippen molar-refractivity contribution >= 4 is 12.6 Å². The zero-order chi connectivity index (χ0) is 33.1. The first-order valence-electron chi connectivity index (χ1n) is 20.4. The molecule has 0 saturated carbocycles. The Morgan fingerprint density at radius 1 is 0.467 bits per heavy atom. The first kappa shape index (κ1) is 44.4. The normalized spacial score (nSPS) is 12.7. The number of rotatable bonds is 38. The van der Waals surface area contributed by atoms with Gasteiger partial charge in [-0.1, -0.05) is 194 Å². The molecule has 0 aromatic heterocycles. The molecule has 0 aliphatic rings. The second-order valence-corrected chi connectivity index (χ2v) is 14.8. The largest absolute Gasteiger partial charge is 0.495 e. The summed E-state index contributed by atoms with van der Waals surface area (Å²) in [5, 5.41) is 0.586. The molecule has 45 heavy (non-hydrogen) atoms. The van der Waals surface area contributed by atoms with Gasteiger partial charge in [0.05, 0.1) is 11.5 Å². The fourth-order valence-electron chi connectivity index (χ4n) is 6.22. The van der Waals surface area contributed by atoms with Crippen LogP contribution >= 0.6 is 12.6 Å². The lowest BCUT2D eigenvalue weighted by atomic mass is 10.0. The second-order valence-electron chi connectivity index (χ2n) is 14.1. The lowest BCUT2D eigenvalue weighted by Gasteiger charge is -2.20. The van der Waals surface area contributed by atoms with E-state index in [0.717, 1.165) is 37.2 Å². The quantitative estimate of drug-likeness (QED) is 0.0407. The SMILES string of the molecule is C=C(CCCCCCCCCCCCCCCCC)OCC(CC)OC(=C)CCCCCCC(S)CCCCCCCCCC. The van der Waals surface area contributed by atoms with Gasteiger partial charge in [0, 0.05) is 18.1 Å². The maximum absolute atomic E-state index is 6.14. The molecule has 0 fully saturated rings. The van der Waals surface area contributed by atoms with Crippen molar-refractivity contribution in [2.75, 3.05) is 6.61 Å². The van der Waals surface area contributed by atoms with Gasteiger partial charge in [-0.05, 0) is 32.1 Å². The fourth-order valence-corrected chi connectivity index (χ4v) is 6.59. The number of hydrogen-bond donors (Lipinski definition) is 1. The average Bonchev–Trinajstić information content (AvgIpc) is 3.03. The molecule has 0 rings (SSSR count). The molecule has 0 aromatic carbocycles. The Morgan fingerprint density at radius 2 is 0.800 bits per heavy atom. The van der Waals surface area contributed by atoms with Crippen molar-refractivity contribution in [3.8, 4) is 0 Å². The number of thiol groups is 1. The minimum atomic E-state index is 0.0802. The number of ether oxygens (including phenoxy) is 2. The Labute approximate surface area is 290 Å². The van der Waals surface area contributed by atoms with Gasteiger partial charge in [-0.3, -0.25) is 0 Å². The standard InChI is InChI=1S/C42H82O2S/c1-6-9-11-13-15-17-18-19-20-21-22-23-24-26-30-34-39(4)43-38-41(8-3)44-40(5)35-31-28-29-33-37-42(45)36-32-27-25-16-14-12-10-7-2/h41-42,45H,4-38H2,1-3H3. The van der Waals surface area contributed by atoms with Crippen LogP contribution in [0.25, 0.3) is 0 Å². The summed E-state index contributed by atoms with van der Waals surface area (Å²) in [5.41, 5.74) is 0. The Kier molecular flexibility index (Phi) is 35.8. The van der Waals surface area contributed by atoms with Gasteiger partial charge < -0.3 is 9.47 Å². The number of unbranched alkanes of at least 4 members (excludes halogenated alkanes) is 24. The van der Waals surface area contributed by atoms with E-state index in [-0.39, 0.29) is 6.10 Å². The van der Waals surface area contributed by atoms with Gasteiger partial charge in [0.2, 0.25) is 0 Å². The zero-order valence-electron chi connectivity index (χ0n) is 31.2. The fraction of sp³-hybridized carbons (Fsp3) is 0.905. The summed E-state index contributed by atoms with van der Waals surface area (Å²) >= 11 is 4.85. The number of allylic oxidation sites excluding steroid dienone is 2. The van der Waals surface area contributed by atoms with Gasteiger partial charge >= 0.3 is 0 Å². The maximum Gasteiger partial charge on any atom is 0.132 e. The predicted molar refractivity (Wildman–Crippen MR) is 207 cm³/mol. The topological polar surface area (TPSA) is 18.5 Å². The van der Waals surface area contributed by atoms with E-state index in [1.54, 1.807) is 0 Å². The molecule has 0 heterocycles. The highest BCUT2D eigenvalue weighted by Crippen LogP contribution is 2.20. The van der Waals surface area contributed by atoms with Crippen LogP contribution in [0.1, 0.15) is 226 Å². The van der Waals surface area contributed by atoms with Crippen molar-refractivity contribution in [3.05, 3.63) is 24.7 Å². The van der Waals surface area contributed by atoms with E-state index in [9.17, 15) is 0 Å². The van der Waals surface area contributed by atoms with Crippen molar-refractivity contribution in [1.82, 2.24) is 0 Å². The molecule has 0 aromatic rings. The van der Waals surface area contributed by atoms with Crippen LogP contribution in [0.2, 0.25) is 0 Å². The Morgan fingerprint density at radius 3 is 1.18 bits per heavy atom. The third-order valence-electron chi connectivity index (χ3n) is 9.46. The molecule has 2 unspecified atom stereocenters. The van der Waals surface area contributed by atoms with Gasteiger partial charge in [0.1, 0.15) is 12.7 Å². The van der Waals surface area contributed by atoms with Crippen LogP contribution in [0.4, 0.5) is 0 Å². The predicted octanol–water partition coefficient (Wildman–Crippen LogP) is 15.3. The minimum absolute atomic E-state index is 0.0802. The molecule has 0 spiro atoms. The summed E-state index contributed by atoms with van der Waals surface area (Å²) in [6.45, 7) is 15.7. The molecule has 3 heteroatoms. The van der Waals surface area contributed by atoms with E-state index in [1.807, 2.05) is 0 Å². The summed E-state index contributed by atoms with van der Waals surface area (Å²) in [6, 6.07) is 0. The molecule has 0 bridgehead atoms. The summed E-state index contributed by atoms with van der Waals surface area (Å²) in [7, 11) is 0. The minimum Gasteiger partial charge on any atom is -0.495 e. The van der Waals surface area contributed by atoms with Gasteiger partial charge in [-0.2, -0.15) is 12.6 Å². The van der Waals surface area contributed by atoms with Gasteiger partial charge in [0.25, 0.3) is 0 Å². The summed E-state index contributed by atoms with van der Waals surface area (Å²) in [4.78, 5) is 0. The monoisotopic (exact) mass is 651 g/mol. The molecule has 0 radical (unpaired) electrons. The highest BCUT2D eigenvalue weighted by molar-refractivity contribution is 7.80. The molecule has 0 aliphatic heterocycles. The van der Waals surface area contributed by atoms with Crippen LogP contribution in [-0.4, -0.2) is 18.0 Å². The molecule has 0 N–H and O–H groups in total. The van der Waals surface area contributed by atoms with E-state index in [2.05, 4.69) is 33.9 Å². The third-order valence-corrected chi connectivity index (χ3v) is 9.97. The Balaban J connectivity index is 3.57. The molecule has 2 atom stereocenters. The molecule has 2 nitrogen and oxygen atoms in total. The van der Waals surface area contributed by atoms with Crippen molar-refractivity contribution in [1.29, 1.82) is 0 Å². The highest BCUT2D eigenvalue weighted by atomic mass is 32.1. The van der Waals surface area contributed by atoms with E-state index >= 15 is 0 Å². The van der Waals surface area contributed by atoms with Crippen molar-refractivity contribution in [2.45, 2.75) is 238 Å². The first-order valence-corrected chi connectivity index (χ1v) is 20.9. The maximum atomic E-state index is 6.14. The van der Waals surface area contributed by atoms with E-state index in [1.165, 1.54) is 180 Å². The number of hydrogen-bond acceptors (Lipinski definition) is 3. The van der Waals surface area contributed by atoms with Gasteiger partial charge in [-0.25, -0.2) is 0 Å². The molecule has 268 valence electrons. The van der Waals surface area contributed by atoms with E-state index in [0.29, 0.717) is 11.9 Å². The molecule has 0 aliphatic carbocycles. The van der Waals surface area contributed by atoms with Crippen LogP contribution in [0.3, 0.4) is 0 Å². The van der Waals surface area contributed by atoms with Crippen LogP contribution in [-0.2, 0) is 9.47 Å². The smallest absolute Gasteiger partial charge is 0.132 e. The van der Waals surface area contributed by atoms with Crippen LogP contribution in [0.5, 0.6) is 0 Å². The van der Waals surface area contributed by atoms with Crippen molar-refractivity contribution in [3.63, 3.8) is 0 Å². The molecule has 0 amide bonds. The molecule has 0 saturated heterocycles.